The summed E-state index contributed by atoms with van der Waals surface area (Å²) in [5, 5.41) is 9.35. The lowest BCUT2D eigenvalue weighted by molar-refractivity contribution is -0.121. The van der Waals surface area contributed by atoms with Crippen molar-refractivity contribution in [3.8, 4) is 0 Å². The van der Waals surface area contributed by atoms with Crippen LogP contribution in [0.5, 0.6) is 0 Å². The molecule has 1 amide bonds. The lowest BCUT2D eigenvalue weighted by Gasteiger charge is -2.03. The van der Waals surface area contributed by atoms with Gasteiger partial charge in [-0.15, -0.1) is 0 Å². The van der Waals surface area contributed by atoms with E-state index >= 15 is 0 Å². The summed E-state index contributed by atoms with van der Waals surface area (Å²) in [5.74, 6) is 0.908. The Morgan fingerprint density at radius 2 is 2.18 bits per heavy atom. The fourth-order valence-corrected chi connectivity index (χ4v) is 1.54. The minimum absolute atomic E-state index is 0.109. The van der Waals surface area contributed by atoms with Gasteiger partial charge in [-0.05, 0) is 19.4 Å². The first kappa shape index (κ1) is 13.6. The third-order valence-corrected chi connectivity index (χ3v) is 2.51. The van der Waals surface area contributed by atoms with Gasteiger partial charge in [-0.1, -0.05) is 12.8 Å². The number of amides is 1. The van der Waals surface area contributed by atoms with Crippen molar-refractivity contribution in [2.24, 2.45) is 5.73 Å². The van der Waals surface area contributed by atoms with Gasteiger partial charge >= 0.3 is 0 Å². The van der Waals surface area contributed by atoms with Crippen LogP contribution in [0.15, 0.2) is 6.33 Å². The fraction of sp³-hybridized carbons (Fsp3) is 0.727. The summed E-state index contributed by atoms with van der Waals surface area (Å²) in [7, 11) is 0. The van der Waals surface area contributed by atoms with Gasteiger partial charge in [-0.2, -0.15) is 5.10 Å². The molecule has 0 bridgehead atoms. The van der Waals surface area contributed by atoms with Crippen LogP contribution in [0, 0.1) is 0 Å². The van der Waals surface area contributed by atoms with E-state index in [4.69, 9.17) is 5.73 Å². The van der Waals surface area contributed by atoms with Crippen molar-refractivity contribution in [2.45, 2.75) is 38.5 Å². The van der Waals surface area contributed by atoms with Crippen LogP contribution < -0.4 is 11.1 Å². The molecule has 17 heavy (non-hydrogen) atoms. The largest absolute Gasteiger partial charge is 0.356 e. The molecule has 0 saturated carbocycles. The molecule has 0 aromatic carbocycles. The predicted octanol–water partition coefficient (Wildman–Crippen LogP) is 0.373. The van der Waals surface area contributed by atoms with Crippen LogP contribution in [-0.4, -0.2) is 34.2 Å². The molecule has 0 radical (unpaired) electrons. The molecule has 0 unspecified atom stereocenters. The molecule has 0 atom stereocenters. The van der Waals surface area contributed by atoms with E-state index in [1.807, 2.05) is 0 Å². The zero-order valence-corrected chi connectivity index (χ0v) is 10.1. The molecule has 0 saturated heterocycles. The molecule has 0 spiro atoms. The van der Waals surface area contributed by atoms with Crippen molar-refractivity contribution in [2.75, 3.05) is 13.1 Å². The van der Waals surface area contributed by atoms with Crippen LogP contribution in [0.4, 0.5) is 0 Å². The maximum absolute atomic E-state index is 11.4. The Labute approximate surface area is 101 Å². The van der Waals surface area contributed by atoms with Crippen LogP contribution in [0.2, 0.25) is 0 Å². The van der Waals surface area contributed by atoms with E-state index in [9.17, 15) is 4.79 Å². The highest BCUT2D eigenvalue weighted by atomic mass is 16.1. The number of carbonyl (C=O) groups is 1. The summed E-state index contributed by atoms with van der Waals surface area (Å²) in [6.45, 7) is 1.35. The number of aromatic amines is 1. The van der Waals surface area contributed by atoms with Crippen LogP contribution in [-0.2, 0) is 11.2 Å². The molecular weight excluding hydrogens is 218 g/mol. The van der Waals surface area contributed by atoms with Gasteiger partial charge in [0.25, 0.3) is 0 Å². The Morgan fingerprint density at radius 3 is 2.88 bits per heavy atom. The van der Waals surface area contributed by atoms with Gasteiger partial charge in [0, 0.05) is 19.4 Å². The SMILES string of the molecule is NCCCCCCC(=O)NCCc1ncn[nH]1. The number of carbonyl (C=O) groups excluding carboxylic acids is 1. The zero-order chi connectivity index (χ0) is 12.3. The highest BCUT2D eigenvalue weighted by Gasteiger charge is 2.01. The molecule has 0 fully saturated rings. The first-order valence-corrected chi connectivity index (χ1v) is 6.14. The van der Waals surface area contributed by atoms with Crippen LogP contribution >= 0.6 is 0 Å². The lowest BCUT2D eigenvalue weighted by atomic mass is 10.1. The van der Waals surface area contributed by atoms with Crippen molar-refractivity contribution in [3.63, 3.8) is 0 Å². The Bertz CT molecular complexity index is 299. The van der Waals surface area contributed by atoms with E-state index in [0.717, 1.165) is 38.1 Å². The topological polar surface area (TPSA) is 96.7 Å². The number of nitrogens with two attached hydrogens (primary N) is 1. The number of aromatic nitrogens is 3. The second-order valence-electron chi connectivity index (χ2n) is 3.99. The normalized spacial score (nSPS) is 10.4. The molecule has 1 rings (SSSR count). The molecule has 6 heteroatoms. The lowest BCUT2D eigenvalue weighted by Crippen LogP contribution is -2.25. The third-order valence-electron chi connectivity index (χ3n) is 2.51. The predicted molar refractivity (Wildman–Crippen MR) is 65.2 cm³/mol. The van der Waals surface area contributed by atoms with E-state index in [-0.39, 0.29) is 5.91 Å². The Hall–Kier alpha value is -1.43. The second-order valence-corrected chi connectivity index (χ2v) is 3.99. The average Bonchev–Trinajstić information content (AvgIpc) is 2.82. The van der Waals surface area contributed by atoms with Gasteiger partial charge in [0.1, 0.15) is 12.2 Å². The standard InChI is InChI=1S/C11H21N5O/c12-7-4-2-1-3-5-11(17)13-8-6-10-14-9-15-16-10/h9H,1-8,12H2,(H,13,17)(H,14,15,16). The summed E-state index contributed by atoms with van der Waals surface area (Å²) in [6, 6.07) is 0. The Kier molecular flexibility index (Phi) is 6.97. The van der Waals surface area contributed by atoms with Crippen LogP contribution in [0.25, 0.3) is 0 Å². The molecule has 4 N–H and O–H groups in total. The number of rotatable bonds is 9. The summed E-state index contributed by atoms with van der Waals surface area (Å²) in [4.78, 5) is 15.4. The molecule has 6 nitrogen and oxygen atoms in total. The second kappa shape index (κ2) is 8.69. The molecule has 0 aliphatic carbocycles. The molecule has 0 aliphatic rings. The molecule has 1 aromatic heterocycles. The van der Waals surface area contributed by atoms with Crippen molar-refractivity contribution in [1.29, 1.82) is 0 Å². The van der Waals surface area contributed by atoms with Crippen molar-refractivity contribution in [1.82, 2.24) is 20.5 Å². The van der Waals surface area contributed by atoms with Gasteiger partial charge in [0.2, 0.25) is 5.91 Å². The van der Waals surface area contributed by atoms with Gasteiger partial charge in [-0.3, -0.25) is 9.89 Å². The van der Waals surface area contributed by atoms with E-state index in [1.165, 1.54) is 6.33 Å². The van der Waals surface area contributed by atoms with E-state index in [2.05, 4.69) is 20.5 Å². The van der Waals surface area contributed by atoms with Gasteiger partial charge in [0.15, 0.2) is 0 Å². The maximum atomic E-state index is 11.4. The van der Waals surface area contributed by atoms with Crippen molar-refractivity contribution < 1.29 is 4.79 Å². The van der Waals surface area contributed by atoms with Crippen LogP contribution in [0.1, 0.15) is 37.9 Å². The fourth-order valence-electron chi connectivity index (χ4n) is 1.54. The number of H-pyrrole nitrogens is 1. The number of nitrogens with zero attached hydrogens (tertiary/aromatic N) is 2. The third kappa shape index (κ3) is 6.68. The quantitative estimate of drug-likeness (QED) is 0.542. The molecule has 1 heterocycles. The summed E-state index contributed by atoms with van der Waals surface area (Å²) < 4.78 is 0. The summed E-state index contributed by atoms with van der Waals surface area (Å²) >= 11 is 0. The number of hydrogen-bond acceptors (Lipinski definition) is 4. The van der Waals surface area contributed by atoms with Crippen LogP contribution in [0.3, 0.4) is 0 Å². The first-order chi connectivity index (χ1) is 8.33. The summed E-state index contributed by atoms with van der Waals surface area (Å²) in [6.07, 6.45) is 6.93. The highest BCUT2D eigenvalue weighted by molar-refractivity contribution is 5.75. The molecule has 1 aromatic rings. The maximum Gasteiger partial charge on any atom is 0.220 e. The smallest absolute Gasteiger partial charge is 0.220 e. The molecular formula is C11H21N5O. The van der Waals surface area contributed by atoms with E-state index < -0.39 is 0 Å². The zero-order valence-electron chi connectivity index (χ0n) is 10.1. The van der Waals surface area contributed by atoms with E-state index in [0.29, 0.717) is 19.4 Å². The van der Waals surface area contributed by atoms with Crippen molar-refractivity contribution >= 4 is 5.91 Å². The Balaban J connectivity index is 1.94. The van der Waals surface area contributed by atoms with Gasteiger partial charge in [0.05, 0.1) is 0 Å². The monoisotopic (exact) mass is 239 g/mol. The summed E-state index contributed by atoms with van der Waals surface area (Å²) in [5.41, 5.74) is 5.39. The number of unbranched alkanes of at least 4 members (excludes halogenated alkanes) is 3. The number of nitrogens with one attached hydrogen (secondary N) is 2. The minimum Gasteiger partial charge on any atom is -0.356 e. The highest BCUT2D eigenvalue weighted by Crippen LogP contribution is 2.01. The number of hydrogen-bond donors (Lipinski definition) is 3. The van der Waals surface area contributed by atoms with Gasteiger partial charge < -0.3 is 11.1 Å². The minimum atomic E-state index is 0.109. The Morgan fingerprint density at radius 1 is 1.35 bits per heavy atom. The van der Waals surface area contributed by atoms with Crippen molar-refractivity contribution in [3.05, 3.63) is 12.2 Å². The molecule has 0 aliphatic heterocycles. The average molecular weight is 239 g/mol. The molecule has 96 valence electrons. The van der Waals surface area contributed by atoms with E-state index in [1.54, 1.807) is 0 Å². The first-order valence-electron chi connectivity index (χ1n) is 6.14. The van der Waals surface area contributed by atoms with Gasteiger partial charge in [-0.25, -0.2) is 4.98 Å².